The van der Waals surface area contributed by atoms with Gasteiger partial charge >= 0.3 is 5.97 Å². The van der Waals surface area contributed by atoms with Crippen LogP contribution in [0, 0.1) is 0 Å². The van der Waals surface area contributed by atoms with Crippen molar-refractivity contribution >= 4 is 24.2 Å². The number of rotatable bonds is 2. The van der Waals surface area contributed by atoms with Crippen molar-refractivity contribution in [1.29, 1.82) is 0 Å². The Morgan fingerprint density at radius 1 is 1.60 bits per heavy atom. The number of aromatic nitrogens is 2. The Kier molecular flexibility index (Phi) is 3.85. The van der Waals surface area contributed by atoms with Gasteiger partial charge in [0.1, 0.15) is 6.04 Å². The van der Waals surface area contributed by atoms with Crippen LogP contribution >= 0.6 is 12.4 Å². The lowest BCUT2D eigenvalue weighted by atomic mass is 10.2. The summed E-state index contributed by atoms with van der Waals surface area (Å²) in [4.78, 5) is 12.7. The maximum atomic E-state index is 10.9. The summed E-state index contributed by atoms with van der Waals surface area (Å²) in [6, 6.07) is 3.11. The normalized spacial score (nSPS) is 19.7. The molecule has 6 heteroatoms. The molecule has 2 rings (SSSR count). The van der Waals surface area contributed by atoms with Gasteiger partial charge in [-0.1, -0.05) is 0 Å². The predicted molar refractivity (Wildman–Crippen MR) is 57.3 cm³/mol. The third kappa shape index (κ3) is 2.36. The van der Waals surface area contributed by atoms with E-state index >= 15 is 0 Å². The lowest BCUT2D eigenvalue weighted by Crippen LogP contribution is -2.36. The molecule has 1 aromatic rings. The first-order valence-electron chi connectivity index (χ1n) is 4.56. The van der Waals surface area contributed by atoms with Crippen LogP contribution in [0.5, 0.6) is 0 Å². The van der Waals surface area contributed by atoms with E-state index in [0.29, 0.717) is 12.2 Å². The van der Waals surface area contributed by atoms with Crippen LogP contribution in [0.15, 0.2) is 18.3 Å². The number of hydrogen-bond acceptors (Lipinski definition) is 4. The minimum atomic E-state index is -0.784. The van der Waals surface area contributed by atoms with E-state index < -0.39 is 12.0 Å². The SMILES string of the molecule is Cl.O=C(O)[C@@H]1CCCN1c1cccnn1. The molecule has 5 nitrogen and oxygen atoms in total. The highest BCUT2D eigenvalue weighted by Crippen LogP contribution is 2.22. The lowest BCUT2D eigenvalue weighted by Gasteiger charge is -2.21. The standard InChI is InChI=1S/C9H11N3O2.ClH/c13-9(14)7-3-2-6-12(7)8-4-1-5-10-11-8;/h1,4-5,7H,2-3,6H2,(H,13,14);1H/t7-;/m0./s1. The maximum absolute atomic E-state index is 10.9. The molecule has 1 aromatic heterocycles. The third-order valence-corrected chi connectivity index (χ3v) is 2.39. The van der Waals surface area contributed by atoms with E-state index in [9.17, 15) is 4.79 Å². The smallest absolute Gasteiger partial charge is 0.326 e. The summed E-state index contributed by atoms with van der Waals surface area (Å²) < 4.78 is 0. The zero-order chi connectivity index (χ0) is 9.97. The number of aliphatic carboxylic acids is 1. The number of anilines is 1. The van der Waals surface area contributed by atoms with Crippen molar-refractivity contribution in [1.82, 2.24) is 10.2 Å². The van der Waals surface area contributed by atoms with Gasteiger partial charge in [0.25, 0.3) is 0 Å². The van der Waals surface area contributed by atoms with Crippen LogP contribution < -0.4 is 4.90 Å². The Morgan fingerprint density at radius 2 is 2.40 bits per heavy atom. The number of carboxylic acid groups (broad SMARTS) is 1. The number of carboxylic acids is 1. The fourth-order valence-electron chi connectivity index (χ4n) is 1.74. The molecule has 0 amide bonds. The highest BCUT2D eigenvalue weighted by Gasteiger charge is 2.31. The van der Waals surface area contributed by atoms with Crippen LogP contribution in [-0.4, -0.2) is 33.9 Å². The second kappa shape index (κ2) is 4.93. The molecule has 0 bridgehead atoms. The van der Waals surface area contributed by atoms with Crippen LogP contribution in [0.25, 0.3) is 0 Å². The van der Waals surface area contributed by atoms with Crippen molar-refractivity contribution < 1.29 is 9.90 Å². The molecule has 1 atom stereocenters. The minimum Gasteiger partial charge on any atom is -0.480 e. The molecule has 15 heavy (non-hydrogen) atoms. The minimum absolute atomic E-state index is 0. The number of hydrogen-bond donors (Lipinski definition) is 1. The maximum Gasteiger partial charge on any atom is 0.326 e. The molecule has 0 unspecified atom stereocenters. The van der Waals surface area contributed by atoms with E-state index in [1.807, 2.05) is 0 Å². The zero-order valence-corrected chi connectivity index (χ0v) is 8.85. The summed E-state index contributed by atoms with van der Waals surface area (Å²) in [6.07, 6.45) is 3.16. The summed E-state index contributed by atoms with van der Waals surface area (Å²) in [5.74, 6) is -0.134. The topological polar surface area (TPSA) is 66.3 Å². The molecular weight excluding hydrogens is 218 g/mol. The van der Waals surface area contributed by atoms with Gasteiger partial charge in [-0.2, -0.15) is 5.10 Å². The average Bonchev–Trinajstić information content (AvgIpc) is 2.67. The van der Waals surface area contributed by atoms with Gasteiger partial charge in [0.15, 0.2) is 5.82 Å². The van der Waals surface area contributed by atoms with Crippen molar-refractivity contribution in [2.24, 2.45) is 0 Å². The molecule has 0 saturated carbocycles. The Bertz CT molecular complexity index is 333. The summed E-state index contributed by atoms with van der Waals surface area (Å²) in [5.41, 5.74) is 0. The first-order chi connectivity index (χ1) is 6.79. The molecular formula is C9H12ClN3O2. The molecule has 1 aliphatic rings. The van der Waals surface area contributed by atoms with Crippen molar-refractivity contribution in [3.05, 3.63) is 18.3 Å². The highest BCUT2D eigenvalue weighted by molar-refractivity contribution is 5.85. The van der Waals surface area contributed by atoms with Gasteiger partial charge in [-0.15, -0.1) is 17.5 Å². The van der Waals surface area contributed by atoms with Crippen LogP contribution in [-0.2, 0) is 4.79 Å². The van der Waals surface area contributed by atoms with Gasteiger partial charge in [0, 0.05) is 12.7 Å². The Labute approximate surface area is 93.5 Å². The molecule has 1 fully saturated rings. The van der Waals surface area contributed by atoms with Crippen LogP contribution in [0.2, 0.25) is 0 Å². The second-order valence-corrected chi connectivity index (χ2v) is 3.27. The fourth-order valence-corrected chi connectivity index (χ4v) is 1.74. The Morgan fingerprint density at radius 3 is 3.00 bits per heavy atom. The van der Waals surface area contributed by atoms with Crippen molar-refractivity contribution in [2.75, 3.05) is 11.4 Å². The Hall–Kier alpha value is -1.36. The van der Waals surface area contributed by atoms with Crippen LogP contribution in [0.1, 0.15) is 12.8 Å². The van der Waals surface area contributed by atoms with Gasteiger partial charge in [0.2, 0.25) is 0 Å². The van der Waals surface area contributed by atoms with E-state index in [1.165, 1.54) is 0 Å². The molecule has 1 aliphatic heterocycles. The van der Waals surface area contributed by atoms with E-state index in [-0.39, 0.29) is 12.4 Å². The van der Waals surface area contributed by atoms with Gasteiger partial charge in [0.05, 0.1) is 0 Å². The summed E-state index contributed by atoms with van der Waals surface area (Å²) in [6.45, 7) is 0.746. The molecule has 0 aliphatic carbocycles. The Balaban J connectivity index is 0.00000112. The first-order valence-corrected chi connectivity index (χ1v) is 4.56. The van der Waals surface area contributed by atoms with Crippen LogP contribution in [0.3, 0.4) is 0 Å². The van der Waals surface area contributed by atoms with E-state index in [4.69, 9.17) is 5.11 Å². The second-order valence-electron chi connectivity index (χ2n) is 3.27. The fraction of sp³-hybridized carbons (Fsp3) is 0.444. The summed E-state index contributed by atoms with van der Waals surface area (Å²) in [5, 5.41) is 16.6. The average molecular weight is 230 g/mol. The lowest BCUT2D eigenvalue weighted by molar-refractivity contribution is -0.138. The van der Waals surface area contributed by atoms with E-state index in [1.54, 1.807) is 23.2 Å². The number of halogens is 1. The van der Waals surface area contributed by atoms with Crippen molar-refractivity contribution in [3.8, 4) is 0 Å². The molecule has 0 radical (unpaired) electrons. The first kappa shape index (κ1) is 11.7. The van der Waals surface area contributed by atoms with Gasteiger partial charge < -0.3 is 10.0 Å². The highest BCUT2D eigenvalue weighted by atomic mass is 35.5. The summed E-state index contributed by atoms with van der Waals surface area (Å²) >= 11 is 0. The summed E-state index contributed by atoms with van der Waals surface area (Å²) in [7, 11) is 0. The number of carbonyl (C=O) groups is 1. The quantitative estimate of drug-likeness (QED) is 0.818. The molecule has 82 valence electrons. The van der Waals surface area contributed by atoms with Gasteiger partial charge in [-0.3, -0.25) is 0 Å². The van der Waals surface area contributed by atoms with E-state index in [0.717, 1.165) is 13.0 Å². The van der Waals surface area contributed by atoms with Crippen molar-refractivity contribution in [3.63, 3.8) is 0 Å². The van der Waals surface area contributed by atoms with Crippen molar-refractivity contribution in [2.45, 2.75) is 18.9 Å². The monoisotopic (exact) mass is 229 g/mol. The molecule has 1 N–H and O–H groups in total. The molecule has 0 spiro atoms. The van der Waals surface area contributed by atoms with Crippen LogP contribution in [0.4, 0.5) is 5.82 Å². The molecule has 1 saturated heterocycles. The van der Waals surface area contributed by atoms with Gasteiger partial charge in [-0.05, 0) is 25.0 Å². The molecule has 2 heterocycles. The zero-order valence-electron chi connectivity index (χ0n) is 8.04. The molecule has 0 aromatic carbocycles. The van der Waals surface area contributed by atoms with Gasteiger partial charge in [-0.25, -0.2) is 4.79 Å². The van der Waals surface area contributed by atoms with E-state index in [2.05, 4.69) is 10.2 Å². The largest absolute Gasteiger partial charge is 0.480 e. The third-order valence-electron chi connectivity index (χ3n) is 2.39. The predicted octanol–water partition coefficient (Wildman–Crippen LogP) is 0.952. The number of nitrogens with zero attached hydrogens (tertiary/aromatic N) is 3.